The highest BCUT2D eigenvalue weighted by Gasteiger charge is 2.05. The van der Waals surface area contributed by atoms with Crippen molar-refractivity contribution in [2.24, 2.45) is 5.73 Å². The highest BCUT2D eigenvalue weighted by Crippen LogP contribution is 2.23. The molecule has 0 amide bonds. The lowest BCUT2D eigenvalue weighted by atomic mass is 9.98. The number of hydrogen-bond acceptors (Lipinski definition) is 2. The van der Waals surface area contributed by atoms with Gasteiger partial charge < -0.3 is 10.5 Å². The predicted molar refractivity (Wildman–Crippen MR) is 69.0 cm³/mol. The standard InChI is InChI=1S/C14H23NO/c1-5-12(15)9-16-13-6-7-14(10(2)3)11(4)8-13/h6-8,10,12H,5,9,15H2,1-4H3. The minimum atomic E-state index is 0.130. The maximum atomic E-state index is 5.81. The zero-order valence-electron chi connectivity index (χ0n) is 10.8. The van der Waals surface area contributed by atoms with Gasteiger partial charge in [-0.1, -0.05) is 26.8 Å². The fraction of sp³-hybridized carbons (Fsp3) is 0.571. The lowest BCUT2D eigenvalue weighted by Crippen LogP contribution is -2.26. The second-order valence-electron chi connectivity index (χ2n) is 4.65. The van der Waals surface area contributed by atoms with E-state index < -0.39 is 0 Å². The number of hydrogen-bond donors (Lipinski definition) is 1. The molecule has 90 valence electrons. The molecule has 16 heavy (non-hydrogen) atoms. The van der Waals surface area contributed by atoms with Gasteiger partial charge in [0.25, 0.3) is 0 Å². The van der Waals surface area contributed by atoms with Crippen molar-refractivity contribution in [1.29, 1.82) is 0 Å². The molecule has 0 aliphatic carbocycles. The molecule has 0 saturated carbocycles. The van der Waals surface area contributed by atoms with Crippen molar-refractivity contribution in [2.45, 2.75) is 46.1 Å². The van der Waals surface area contributed by atoms with Crippen molar-refractivity contribution in [3.63, 3.8) is 0 Å². The Morgan fingerprint density at radius 3 is 2.50 bits per heavy atom. The molecule has 0 aliphatic rings. The first-order chi connectivity index (χ1) is 7.54. The molecule has 0 aliphatic heterocycles. The number of ether oxygens (including phenoxy) is 1. The molecular weight excluding hydrogens is 198 g/mol. The van der Waals surface area contributed by atoms with Gasteiger partial charge in [0.2, 0.25) is 0 Å². The highest BCUT2D eigenvalue weighted by molar-refractivity contribution is 5.36. The van der Waals surface area contributed by atoms with Crippen molar-refractivity contribution in [3.8, 4) is 5.75 Å². The third-order valence-electron chi connectivity index (χ3n) is 2.85. The van der Waals surface area contributed by atoms with Gasteiger partial charge in [0, 0.05) is 6.04 Å². The normalized spacial score (nSPS) is 12.9. The van der Waals surface area contributed by atoms with Crippen LogP contribution < -0.4 is 10.5 Å². The quantitative estimate of drug-likeness (QED) is 0.828. The molecule has 0 heterocycles. The Kier molecular flexibility index (Phi) is 4.81. The summed E-state index contributed by atoms with van der Waals surface area (Å²) in [5.41, 5.74) is 8.48. The largest absolute Gasteiger partial charge is 0.492 e. The summed E-state index contributed by atoms with van der Waals surface area (Å²) in [6.07, 6.45) is 0.947. The Bertz CT molecular complexity index is 334. The molecule has 2 heteroatoms. The Morgan fingerprint density at radius 2 is 2.00 bits per heavy atom. The molecule has 1 aromatic carbocycles. The maximum absolute atomic E-state index is 5.81. The summed E-state index contributed by atoms with van der Waals surface area (Å²) in [6, 6.07) is 6.40. The van der Waals surface area contributed by atoms with Gasteiger partial charge in [-0.3, -0.25) is 0 Å². The van der Waals surface area contributed by atoms with E-state index in [4.69, 9.17) is 10.5 Å². The Balaban J connectivity index is 2.66. The summed E-state index contributed by atoms with van der Waals surface area (Å²) in [5.74, 6) is 1.48. The zero-order chi connectivity index (χ0) is 12.1. The van der Waals surface area contributed by atoms with E-state index in [-0.39, 0.29) is 6.04 Å². The molecule has 1 rings (SSSR count). The van der Waals surface area contributed by atoms with E-state index in [0.29, 0.717) is 12.5 Å². The first-order valence-corrected chi connectivity index (χ1v) is 6.03. The maximum Gasteiger partial charge on any atom is 0.119 e. The number of rotatable bonds is 5. The molecule has 0 spiro atoms. The van der Waals surface area contributed by atoms with Crippen molar-refractivity contribution in [3.05, 3.63) is 29.3 Å². The number of aryl methyl sites for hydroxylation is 1. The van der Waals surface area contributed by atoms with E-state index in [9.17, 15) is 0 Å². The van der Waals surface area contributed by atoms with E-state index in [1.165, 1.54) is 11.1 Å². The van der Waals surface area contributed by atoms with Gasteiger partial charge in [0.05, 0.1) is 0 Å². The van der Waals surface area contributed by atoms with Crippen LogP contribution in [0, 0.1) is 6.92 Å². The minimum Gasteiger partial charge on any atom is -0.492 e. The van der Waals surface area contributed by atoms with Crippen LogP contribution in [0.15, 0.2) is 18.2 Å². The Labute approximate surface area is 98.8 Å². The van der Waals surface area contributed by atoms with Gasteiger partial charge in [-0.2, -0.15) is 0 Å². The summed E-state index contributed by atoms with van der Waals surface area (Å²) < 4.78 is 5.65. The third kappa shape index (κ3) is 3.53. The van der Waals surface area contributed by atoms with Crippen LogP contribution in [0.3, 0.4) is 0 Å². The van der Waals surface area contributed by atoms with Gasteiger partial charge in [-0.05, 0) is 42.5 Å². The van der Waals surface area contributed by atoms with Gasteiger partial charge in [0.1, 0.15) is 12.4 Å². The summed E-state index contributed by atoms with van der Waals surface area (Å²) in [7, 11) is 0. The van der Waals surface area contributed by atoms with Gasteiger partial charge >= 0.3 is 0 Å². The third-order valence-corrected chi connectivity index (χ3v) is 2.85. The monoisotopic (exact) mass is 221 g/mol. The highest BCUT2D eigenvalue weighted by atomic mass is 16.5. The van der Waals surface area contributed by atoms with Crippen LogP contribution in [-0.4, -0.2) is 12.6 Å². The van der Waals surface area contributed by atoms with Crippen molar-refractivity contribution >= 4 is 0 Å². The van der Waals surface area contributed by atoms with Crippen LogP contribution >= 0.6 is 0 Å². The van der Waals surface area contributed by atoms with Crippen molar-refractivity contribution in [1.82, 2.24) is 0 Å². The fourth-order valence-electron chi connectivity index (χ4n) is 1.71. The molecule has 0 fully saturated rings. The van der Waals surface area contributed by atoms with Crippen molar-refractivity contribution < 1.29 is 4.74 Å². The van der Waals surface area contributed by atoms with Crippen LogP contribution in [-0.2, 0) is 0 Å². The lowest BCUT2D eigenvalue weighted by molar-refractivity contribution is 0.285. The second kappa shape index (κ2) is 5.90. The molecule has 2 nitrogen and oxygen atoms in total. The first kappa shape index (κ1) is 13.0. The van der Waals surface area contributed by atoms with E-state index in [2.05, 4.69) is 39.8 Å². The predicted octanol–water partition coefficient (Wildman–Crippen LogP) is 3.23. The molecule has 1 atom stereocenters. The minimum absolute atomic E-state index is 0.130. The summed E-state index contributed by atoms with van der Waals surface area (Å²) in [4.78, 5) is 0. The SMILES string of the molecule is CCC(N)COc1ccc(C(C)C)c(C)c1. The van der Waals surface area contributed by atoms with Crippen LogP contribution in [0.5, 0.6) is 5.75 Å². The fourth-order valence-corrected chi connectivity index (χ4v) is 1.71. The molecular formula is C14H23NO. The molecule has 0 radical (unpaired) electrons. The molecule has 0 aromatic heterocycles. The molecule has 0 bridgehead atoms. The van der Waals surface area contributed by atoms with Crippen LogP contribution in [0.1, 0.15) is 44.2 Å². The van der Waals surface area contributed by atoms with E-state index in [1.807, 2.05) is 6.07 Å². The topological polar surface area (TPSA) is 35.2 Å². The van der Waals surface area contributed by atoms with Crippen LogP contribution in [0.4, 0.5) is 0 Å². The molecule has 0 saturated heterocycles. The zero-order valence-corrected chi connectivity index (χ0v) is 10.8. The molecule has 1 unspecified atom stereocenters. The summed E-state index contributed by atoms with van der Waals surface area (Å²) in [5, 5.41) is 0. The average Bonchev–Trinajstić information content (AvgIpc) is 2.25. The van der Waals surface area contributed by atoms with Gasteiger partial charge in [-0.15, -0.1) is 0 Å². The lowest BCUT2D eigenvalue weighted by Gasteiger charge is -2.14. The van der Waals surface area contributed by atoms with Crippen LogP contribution in [0.2, 0.25) is 0 Å². The summed E-state index contributed by atoms with van der Waals surface area (Å²) in [6.45, 7) is 9.20. The second-order valence-corrected chi connectivity index (χ2v) is 4.65. The number of benzene rings is 1. The molecule has 1 aromatic rings. The van der Waals surface area contributed by atoms with Gasteiger partial charge in [-0.25, -0.2) is 0 Å². The number of nitrogens with two attached hydrogens (primary N) is 1. The van der Waals surface area contributed by atoms with E-state index in [1.54, 1.807) is 0 Å². The van der Waals surface area contributed by atoms with Crippen LogP contribution in [0.25, 0.3) is 0 Å². The molecule has 2 N–H and O–H groups in total. The van der Waals surface area contributed by atoms with E-state index >= 15 is 0 Å². The summed E-state index contributed by atoms with van der Waals surface area (Å²) >= 11 is 0. The van der Waals surface area contributed by atoms with Crippen molar-refractivity contribution in [2.75, 3.05) is 6.61 Å². The first-order valence-electron chi connectivity index (χ1n) is 6.03. The Hall–Kier alpha value is -1.02. The smallest absolute Gasteiger partial charge is 0.119 e. The van der Waals surface area contributed by atoms with Gasteiger partial charge in [0.15, 0.2) is 0 Å². The van der Waals surface area contributed by atoms with E-state index in [0.717, 1.165) is 12.2 Å². The Morgan fingerprint density at radius 1 is 1.31 bits per heavy atom. The average molecular weight is 221 g/mol.